The number of rotatable bonds is 6. The number of carboxylic acid groups (broad SMARTS) is 1. The summed E-state index contributed by atoms with van der Waals surface area (Å²) in [6, 6.07) is 6.72. The minimum atomic E-state index is -0.703. The van der Waals surface area contributed by atoms with Crippen molar-refractivity contribution in [2.24, 2.45) is 11.8 Å². The Morgan fingerprint density at radius 1 is 1.47 bits per heavy atom. The monoisotopic (exact) mass is 237 g/mol. The van der Waals surface area contributed by atoms with E-state index in [9.17, 15) is 9.18 Å². The Kier molecular flexibility index (Phi) is 3.74. The van der Waals surface area contributed by atoms with Gasteiger partial charge in [0.25, 0.3) is 0 Å². The lowest BCUT2D eigenvalue weighted by molar-refractivity contribution is -0.138. The summed E-state index contributed by atoms with van der Waals surface area (Å²) >= 11 is 0. The van der Waals surface area contributed by atoms with Crippen molar-refractivity contribution < 1.29 is 14.3 Å². The van der Waals surface area contributed by atoms with Gasteiger partial charge in [-0.3, -0.25) is 4.79 Å². The molecule has 2 unspecified atom stereocenters. The van der Waals surface area contributed by atoms with Gasteiger partial charge in [0.2, 0.25) is 0 Å². The van der Waals surface area contributed by atoms with Gasteiger partial charge >= 0.3 is 5.97 Å². The Morgan fingerprint density at radius 2 is 2.24 bits per heavy atom. The van der Waals surface area contributed by atoms with Gasteiger partial charge in [0.1, 0.15) is 5.82 Å². The van der Waals surface area contributed by atoms with Gasteiger partial charge in [0.15, 0.2) is 0 Å². The lowest BCUT2D eigenvalue weighted by atomic mass is 10.1. The molecule has 4 heteroatoms. The van der Waals surface area contributed by atoms with Gasteiger partial charge in [0.05, 0.1) is 5.92 Å². The minimum absolute atomic E-state index is 0.170. The smallest absolute Gasteiger partial charge is 0.306 e. The number of halogens is 1. The summed E-state index contributed by atoms with van der Waals surface area (Å²) in [5, 5.41) is 11.9. The zero-order chi connectivity index (χ0) is 12.3. The van der Waals surface area contributed by atoms with Crippen molar-refractivity contribution in [3.63, 3.8) is 0 Å². The number of hydrogen-bond acceptors (Lipinski definition) is 2. The van der Waals surface area contributed by atoms with E-state index in [1.807, 2.05) is 6.07 Å². The van der Waals surface area contributed by atoms with Gasteiger partial charge in [-0.05, 0) is 43.5 Å². The molecule has 2 atom stereocenters. The Hall–Kier alpha value is -1.42. The van der Waals surface area contributed by atoms with Crippen LogP contribution in [0.25, 0.3) is 0 Å². The third kappa shape index (κ3) is 3.27. The van der Waals surface area contributed by atoms with Crippen molar-refractivity contribution in [1.29, 1.82) is 0 Å². The largest absolute Gasteiger partial charge is 0.481 e. The molecule has 1 aliphatic carbocycles. The molecule has 0 spiro atoms. The van der Waals surface area contributed by atoms with Crippen molar-refractivity contribution in [2.45, 2.75) is 12.8 Å². The average molecular weight is 237 g/mol. The first-order valence-electron chi connectivity index (χ1n) is 5.85. The van der Waals surface area contributed by atoms with Crippen molar-refractivity contribution in [3.05, 3.63) is 35.6 Å². The summed E-state index contributed by atoms with van der Waals surface area (Å²) in [5.74, 6) is -0.792. The molecule has 17 heavy (non-hydrogen) atoms. The number of nitrogens with one attached hydrogen (secondary N) is 1. The van der Waals surface area contributed by atoms with Crippen molar-refractivity contribution in [2.75, 3.05) is 13.1 Å². The van der Waals surface area contributed by atoms with Crippen molar-refractivity contribution >= 4 is 5.97 Å². The Morgan fingerprint density at radius 3 is 2.88 bits per heavy atom. The fourth-order valence-electron chi connectivity index (χ4n) is 1.99. The highest BCUT2D eigenvalue weighted by Crippen LogP contribution is 2.37. The third-order valence-corrected chi connectivity index (χ3v) is 3.18. The summed E-state index contributed by atoms with van der Waals surface area (Å²) in [7, 11) is 0. The second-order valence-electron chi connectivity index (χ2n) is 4.49. The standard InChI is InChI=1S/C13H16FNO2/c14-12-4-2-1-3-9(12)5-6-15-8-10-7-11(10)13(16)17/h1-4,10-11,15H,5-8H2,(H,16,17). The summed E-state index contributed by atoms with van der Waals surface area (Å²) in [4.78, 5) is 10.6. The number of carbonyl (C=O) groups is 1. The van der Waals surface area contributed by atoms with Gasteiger partial charge in [-0.25, -0.2) is 4.39 Å². The molecule has 1 aliphatic rings. The molecule has 0 heterocycles. The molecule has 1 aromatic rings. The Bertz CT molecular complexity index is 408. The average Bonchev–Trinajstić information content (AvgIpc) is 3.06. The molecule has 1 aromatic carbocycles. The van der Waals surface area contributed by atoms with Gasteiger partial charge < -0.3 is 10.4 Å². The molecule has 0 radical (unpaired) electrons. The fraction of sp³-hybridized carbons (Fsp3) is 0.462. The molecule has 2 rings (SSSR count). The van der Waals surface area contributed by atoms with Gasteiger partial charge in [-0.1, -0.05) is 18.2 Å². The van der Waals surface area contributed by atoms with Crippen LogP contribution in [0.5, 0.6) is 0 Å². The zero-order valence-electron chi connectivity index (χ0n) is 9.53. The van der Waals surface area contributed by atoms with Crippen LogP contribution in [0, 0.1) is 17.7 Å². The van der Waals surface area contributed by atoms with Crippen LogP contribution in [0.2, 0.25) is 0 Å². The van der Waals surface area contributed by atoms with E-state index >= 15 is 0 Å². The maximum absolute atomic E-state index is 13.3. The number of aliphatic carboxylic acids is 1. The van der Waals surface area contributed by atoms with Gasteiger partial charge in [-0.15, -0.1) is 0 Å². The molecule has 1 saturated carbocycles. The summed E-state index contributed by atoms with van der Waals surface area (Å²) < 4.78 is 13.3. The normalized spacial score (nSPS) is 22.4. The van der Waals surface area contributed by atoms with E-state index in [4.69, 9.17) is 5.11 Å². The first-order valence-corrected chi connectivity index (χ1v) is 5.85. The van der Waals surface area contributed by atoms with E-state index in [-0.39, 0.29) is 17.7 Å². The zero-order valence-corrected chi connectivity index (χ0v) is 9.53. The van der Waals surface area contributed by atoms with E-state index in [2.05, 4.69) is 5.32 Å². The number of hydrogen-bond donors (Lipinski definition) is 2. The molecular formula is C13H16FNO2. The van der Waals surface area contributed by atoms with Gasteiger partial charge in [0, 0.05) is 0 Å². The lowest BCUT2D eigenvalue weighted by Gasteiger charge is -2.04. The second-order valence-corrected chi connectivity index (χ2v) is 4.49. The molecule has 3 nitrogen and oxygen atoms in total. The SMILES string of the molecule is O=C(O)C1CC1CNCCc1ccccc1F. The highest BCUT2D eigenvalue weighted by atomic mass is 19.1. The van der Waals surface area contributed by atoms with E-state index in [1.54, 1.807) is 12.1 Å². The van der Waals surface area contributed by atoms with Crippen LogP contribution in [0.15, 0.2) is 24.3 Å². The predicted octanol–water partition coefficient (Wildman–Crippen LogP) is 1.68. The fourth-order valence-corrected chi connectivity index (χ4v) is 1.99. The molecule has 2 N–H and O–H groups in total. The van der Waals surface area contributed by atoms with Crippen LogP contribution >= 0.6 is 0 Å². The topological polar surface area (TPSA) is 49.3 Å². The van der Waals surface area contributed by atoms with Crippen LogP contribution in [-0.4, -0.2) is 24.2 Å². The Labute approximate surface area is 99.7 Å². The molecule has 0 amide bonds. The molecule has 0 aromatic heterocycles. The van der Waals surface area contributed by atoms with Gasteiger partial charge in [-0.2, -0.15) is 0 Å². The molecule has 0 bridgehead atoms. The summed E-state index contributed by atoms with van der Waals surface area (Å²) in [5.41, 5.74) is 0.700. The van der Waals surface area contributed by atoms with Crippen LogP contribution in [0.3, 0.4) is 0 Å². The van der Waals surface area contributed by atoms with E-state index in [1.165, 1.54) is 6.07 Å². The number of benzene rings is 1. The molecule has 1 fully saturated rings. The van der Waals surface area contributed by atoms with Crippen LogP contribution in [-0.2, 0) is 11.2 Å². The van der Waals surface area contributed by atoms with Crippen LogP contribution in [0.4, 0.5) is 4.39 Å². The minimum Gasteiger partial charge on any atom is -0.481 e. The highest BCUT2D eigenvalue weighted by Gasteiger charge is 2.42. The molecule has 0 saturated heterocycles. The molecule has 0 aliphatic heterocycles. The highest BCUT2D eigenvalue weighted by molar-refractivity contribution is 5.73. The first kappa shape index (κ1) is 12.0. The maximum atomic E-state index is 13.3. The summed E-state index contributed by atoms with van der Waals surface area (Å²) in [6.45, 7) is 1.40. The summed E-state index contributed by atoms with van der Waals surface area (Å²) in [6.07, 6.45) is 1.40. The molecular weight excluding hydrogens is 221 g/mol. The Balaban J connectivity index is 1.64. The lowest BCUT2D eigenvalue weighted by Crippen LogP contribution is -2.21. The first-order chi connectivity index (χ1) is 8.18. The quantitative estimate of drug-likeness (QED) is 0.740. The van der Waals surface area contributed by atoms with Crippen molar-refractivity contribution in [3.8, 4) is 0 Å². The van der Waals surface area contributed by atoms with Crippen LogP contribution < -0.4 is 5.32 Å². The van der Waals surface area contributed by atoms with E-state index in [0.29, 0.717) is 25.1 Å². The third-order valence-electron chi connectivity index (χ3n) is 3.18. The van der Waals surface area contributed by atoms with E-state index in [0.717, 1.165) is 6.42 Å². The second kappa shape index (κ2) is 5.27. The van der Waals surface area contributed by atoms with Crippen molar-refractivity contribution in [1.82, 2.24) is 5.32 Å². The maximum Gasteiger partial charge on any atom is 0.306 e. The molecule has 92 valence electrons. The van der Waals surface area contributed by atoms with E-state index < -0.39 is 5.97 Å². The van der Waals surface area contributed by atoms with Crippen LogP contribution in [0.1, 0.15) is 12.0 Å². The number of carboxylic acids is 1. The predicted molar refractivity (Wildman–Crippen MR) is 62.2 cm³/mol.